The van der Waals surface area contributed by atoms with Crippen LogP contribution >= 0.6 is 11.3 Å². The van der Waals surface area contributed by atoms with Crippen LogP contribution in [0, 0.1) is 0 Å². The average Bonchev–Trinajstić information content (AvgIpc) is 3.73. The van der Waals surface area contributed by atoms with E-state index >= 15 is 0 Å². The van der Waals surface area contributed by atoms with E-state index in [1.165, 1.54) is 15.9 Å². The zero-order valence-corrected chi connectivity index (χ0v) is 24.4. The van der Waals surface area contributed by atoms with Crippen molar-refractivity contribution < 1.29 is 9.47 Å². The molecule has 6 rings (SSSR count). The lowest BCUT2D eigenvalue weighted by atomic mass is 10.1. The van der Waals surface area contributed by atoms with E-state index in [0.29, 0.717) is 28.5 Å². The number of fused-ring (bicyclic) bond motifs is 1. The molecule has 9 heteroatoms. The zero-order chi connectivity index (χ0) is 29.6. The Kier molecular flexibility index (Phi) is 8.24. The number of rotatable bonds is 11. The van der Waals surface area contributed by atoms with Crippen LogP contribution in [0.1, 0.15) is 30.3 Å². The lowest BCUT2D eigenvalue weighted by molar-refractivity contribution is 0.317. The van der Waals surface area contributed by atoms with Crippen LogP contribution in [0.5, 0.6) is 11.5 Å². The Labute approximate surface area is 252 Å². The summed E-state index contributed by atoms with van der Waals surface area (Å²) >= 11 is 1.30. The van der Waals surface area contributed by atoms with Crippen molar-refractivity contribution in [1.29, 1.82) is 0 Å². The second kappa shape index (κ2) is 12.7. The molecule has 8 nitrogen and oxygen atoms in total. The van der Waals surface area contributed by atoms with Gasteiger partial charge >= 0.3 is 0 Å². The van der Waals surface area contributed by atoms with Gasteiger partial charge in [-0.15, -0.1) is 5.10 Å². The predicted molar refractivity (Wildman–Crippen MR) is 172 cm³/mol. The van der Waals surface area contributed by atoms with Crippen LogP contribution < -0.4 is 19.6 Å². The van der Waals surface area contributed by atoms with E-state index in [4.69, 9.17) is 14.6 Å². The number of hydrogen-bond acceptors (Lipinski definition) is 7. The Morgan fingerprint density at radius 1 is 0.907 bits per heavy atom. The van der Waals surface area contributed by atoms with E-state index in [9.17, 15) is 4.79 Å². The molecule has 0 aliphatic rings. The molecular weight excluding hydrogens is 558 g/mol. The Hall–Kier alpha value is -5.28. The van der Waals surface area contributed by atoms with Crippen molar-refractivity contribution >= 4 is 34.5 Å². The molecule has 0 spiro atoms. The lowest BCUT2D eigenvalue weighted by Crippen LogP contribution is -2.23. The summed E-state index contributed by atoms with van der Waals surface area (Å²) in [5, 5.41) is 9.33. The van der Waals surface area contributed by atoms with Crippen molar-refractivity contribution in [2.24, 2.45) is 0 Å². The number of thiazole rings is 1. The second-order valence-corrected chi connectivity index (χ2v) is 10.7. The third kappa shape index (κ3) is 6.32. The molecule has 3 aromatic heterocycles. The fraction of sp³-hybridized carbons (Fsp3) is 0.118. The normalized spacial score (nSPS) is 11.9. The largest absolute Gasteiger partial charge is 0.494 e. The molecule has 0 atom stereocenters. The van der Waals surface area contributed by atoms with Gasteiger partial charge < -0.3 is 9.47 Å². The van der Waals surface area contributed by atoms with Crippen LogP contribution in [-0.2, 0) is 0 Å². The minimum Gasteiger partial charge on any atom is -0.494 e. The van der Waals surface area contributed by atoms with Gasteiger partial charge in [-0.25, -0.2) is 4.68 Å². The number of benzene rings is 3. The maximum atomic E-state index is 13.4. The summed E-state index contributed by atoms with van der Waals surface area (Å²) < 4.78 is 15.0. The van der Waals surface area contributed by atoms with Crippen LogP contribution in [0.2, 0.25) is 0 Å². The maximum absolute atomic E-state index is 13.4. The molecule has 0 aliphatic heterocycles. The highest BCUT2D eigenvalue weighted by molar-refractivity contribution is 7.15. The monoisotopic (exact) mass is 587 g/mol. The summed E-state index contributed by atoms with van der Waals surface area (Å²) in [5.74, 6) is 2.04. The topological polar surface area (TPSA) is 83.5 Å². The summed E-state index contributed by atoms with van der Waals surface area (Å²) in [6.07, 6.45) is 10.1. The first kappa shape index (κ1) is 27.9. The Morgan fingerprint density at radius 2 is 1.65 bits per heavy atom. The van der Waals surface area contributed by atoms with Crippen molar-refractivity contribution in [3.63, 3.8) is 0 Å². The highest BCUT2D eigenvalue weighted by Gasteiger charge is 2.14. The van der Waals surface area contributed by atoms with Crippen molar-refractivity contribution in [2.75, 3.05) is 13.2 Å². The van der Waals surface area contributed by atoms with Gasteiger partial charge in [-0.3, -0.25) is 4.79 Å². The third-order valence-electron chi connectivity index (χ3n) is 6.52. The van der Waals surface area contributed by atoms with E-state index in [1.807, 2.05) is 102 Å². The van der Waals surface area contributed by atoms with Crippen LogP contribution in [-0.4, -0.2) is 37.6 Å². The molecule has 0 N–H and O–H groups in total. The van der Waals surface area contributed by atoms with E-state index in [1.54, 1.807) is 12.2 Å². The van der Waals surface area contributed by atoms with E-state index < -0.39 is 0 Å². The van der Waals surface area contributed by atoms with Gasteiger partial charge in [0.2, 0.25) is 4.96 Å². The molecule has 0 unspecified atom stereocenters. The van der Waals surface area contributed by atoms with Gasteiger partial charge in [-0.1, -0.05) is 67.3 Å². The Bertz CT molecular complexity index is 1990. The highest BCUT2D eigenvalue weighted by Crippen LogP contribution is 2.26. The van der Waals surface area contributed by atoms with E-state index in [0.717, 1.165) is 46.0 Å². The second-order valence-electron chi connectivity index (χ2n) is 9.67. The van der Waals surface area contributed by atoms with Crippen LogP contribution in [0.3, 0.4) is 0 Å². The molecule has 0 bridgehead atoms. The van der Waals surface area contributed by atoms with Gasteiger partial charge in [0.05, 0.1) is 16.8 Å². The number of ether oxygens (including phenoxy) is 2. The molecule has 0 radical (unpaired) electrons. The van der Waals surface area contributed by atoms with Gasteiger partial charge in [0.15, 0.2) is 5.82 Å². The van der Waals surface area contributed by atoms with Crippen LogP contribution in [0.25, 0.3) is 40.1 Å². The molecule has 6 aromatic rings. The molecule has 3 heterocycles. The van der Waals surface area contributed by atoms with Gasteiger partial charge in [-0.2, -0.15) is 14.6 Å². The number of aromatic nitrogens is 5. The third-order valence-corrected chi connectivity index (χ3v) is 7.48. The van der Waals surface area contributed by atoms with E-state index in [-0.39, 0.29) is 5.56 Å². The molecular formula is C34H29N5O3S. The van der Waals surface area contributed by atoms with Crippen LogP contribution in [0.4, 0.5) is 0 Å². The fourth-order valence-corrected chi connectivity index (χ4v) is 5.33. The highest BCUT2D eigenvalue weighted by atomic mass is 32.1. The van der Waals surface area contributed by atoms with Crippen molar-refractivity contribution in [1.82, 2.24) is 24.4 Å². The lowest BCUT2D eigenvalue weighted by Gasteiger charge is -2.05. The number of hydrogen-bond donors (Lipinski definition) is 0. The minimum absolute atomic E-state index is 0.224. The molecule has 0 fully saturated rings. The summed E-state index contributed by atoms with van der Waals surface area (Å²) in [5.41, 5.74) is 4.16. The molecule has 43 heavy (non-hydrogen) atoms. The molecule has 0 saturated carbocycles. The smallest absolute Gasteiger partial charge is 0.291 e. The first-order valence-corrected chi connectivity index (χ1v) is 14.7. The molecule has 0 saturated heterocycles. The minimum atomic E-state index is -0.224. The van der Waals surface area contributed by atoms with Gasteiger partial charge in [0.1, 0.15) is 23.8 Å². The standard InChI is InChI=1S/C34H29N5O3S/c1-3-20-41-28-15-10-24(11-16-28)12-19-31-35-34-39(36-31)33(40)30(43-34)22-26-23-38(27-8-6-5-7-9-27)37-32(26)25-13-17-29(18-14-25)42-21-4-2/h3,5-19,22-23H,1,4,20-21H2,2H3/b19-12+,30-22-. The molecule has 3 aromatic carbocycles. The number of nitrogens with zero attached hydrogens (tertiary/aromatic N) is 5. The average molecular weight is 588 g/mol. The van der Waals surface area contributed by atoms with Gasteiger partial charge in [0, 0.05) is 17.3 Å². The van der Waals surface area contributed by atoms with Crippen LogP contribution in [0.15, 0.2) is 103 Å². The Morgan fingerprint density at radius 3 is 2.37 bits per heavy atom. The summed E-state index contributed by atoms with van der Waals surface area (Å²) in [7, 11) is 0. The van der Waals surface area contributed by atoms with Gasteiger partial charge in [-0.05, 0) is 72.7 Å². The number of para-hydroxylation sites is 1. The SMILES string of the molecule is C=CCOc1ccc(/C=C/c2nc3s/c(=C\c4cn(-c5ccccc5)nc4-c4ccc(OCCC)cc4)c(=O)n3n2)cc1. The maximum Gasteiger partial charge on any atom is 0.291 e. The molecule has 214 valence electrons. The van der Waals surface area contributed by atoms with Crippen molar-refractivity contribution in [3.05, 3.63) is 130 Å². The van der Waals surface area contributed by atoms with E-state index in [2.05, 4.69) is 23.6 Å². The summed E-state index contributed by atoms with van der Waals surface area (Å²) in [6.45, 7) is 6.86. The fourth-order valence-electron chi connectivity index (χ4n) is 4.42. The summed E-state index contributed by atoms with van der Waals surface area (Å²) in [4.78, 5) is 18.5. The first-order chi connectivity index (χ1) is 21.1. The quantitative estimate of drug-likeness (QED) is 0.171. The molecule has 0 amide bonds. The van der Waals surface area contributed by atoms with Gasteiger partial charge in [0.25, 0.3) is 5.56 Å². The first-order valence-electron chi connectivity index (χ1n) is 13.9. The Balaban J connectivity index is 1.31. The molecule has 0 aliphatic carbocycles. The predicted octanol–water partition coefficient (Wildman–Crippen LogP) is 6.08. The van der Waals surface area contributed by atoms with Crippen molar-refractivity contribution in [2.45, 2.75) is 13.3 Å². The van der Waals surface area contributed by atoms with Crippen molar-refractivity contribution in [3.8, 4) is 28.4 Å². The summed E-state index contributed by atoms with van der Waals surface area (Å²) in [6, 6.07) is 25.4. The zero-order valence-electron chi connectivity index (χ0n) is 23.6.